The van der Waals surface area contributed by atoms with Crippen molar-refractivity contribution in [2.24, 2.45) is 0 Å². The van der Waals surface area contributed by atoms with Gasteiger partial charge in [-0.3, -0.25) is 0 Å². The lowest BCUT2D eigenvalue weighted by Crippen LogP contribution is -2.34. The maximum atomic E-state index is 2.62. The third kappa shape index (κ3) is 3.49. The Morgan fingerprint density at radius 3 is 2.05 bits per heavy atom. The SMILES string of the molecule is c1ccc(CCN2CCC(c3ccccc3)CC2)cc1. The van der Waals surface area contributed by atoms with Crippen molar-refractivity contribution in [2.75, 3.05) is 19.6 Å². The van der Waals surface area contributed by atoms with Gasteiger partial charge in [-0.05, 0) is 49.4 Å². The van der Waals surface area contributed by atoms with Gasteiger partial charge in [0.2, 0.25) is 0 Å². The first kappa shape index (κ1) is 13.4. The minimum Gasteiger partial charge on any atom is -0.303 e. The van der Waals surface area contributed by atoms with Crippen molar-refractivity contribution < 1.29 is 0 Å². The highest BCUT2D eigenvalue weighted by Gasteiger charge is 2.19. The van der Waals surface area contributed by atoms with E-state index in [1.807, 2.05) is 0 Å². The average molecular weight is 265 g/mol. The monoisotopic (exact) mass is 265 g/mol. The van der Waals surface area contributed by atoms with E-state index in [-0.39, 0.29) is 0 Å². The number of rotatable bonds is 4. The molecular formula is C19H23N. The van der Waals surface area contributed by atoms with Crippen LogP contribution in [0.15, 0.2) is 60.7 Å². The fourth-order valence-corrected chi connectivity index (χ4v) is 3.15. The van der Waals surface area contributed by atoms with Gasteiger partial charge in [0.15, 0.2) is 0 Å². The number of piperidine rings is 1. The van der Waals surface area contributed by atoms with E-state index >= 15 is 0 Å². The Morgan fingerprint density at radius 1 is 0.800 bits per heavy atom. The second kappa shape index (κ2) is 6.71. The van der Waals surface area contributed by atoms with Crippen LogP contribution in [0.1, 0.15) is 29.9 Å². The zero-order valence-corrected chi connectivity index (χ0v) is 12.0. The van der Waals surface area contributed by atoms with E-state index in [9.17, 15) is 0 Å². The molecule has 1 aliphatic heterocycles. The van der Waals surface area contributed by atoms with Crippen LogP contribution < -0.4 is 0 Å². The summed E-state index contributed by atoms with van der Waals surface area (Å²) in [6, 6.07) is 21.8. The lowest BCUT2D eigenvalue weighted by Gasteiger charge is -2.32. The smallest absolute Gasteiger partial charge is 0.00218 e. The summed E-state index contributed by atoms with van der Waals surface area (Å²) in [4.78, 5) is 2.62. The summed E-state index contributed by atoms with van der Waals surface area (Å²) in [5.74, 6) is 0.768. The van der Waals surface area contributed by atoms with Crippen LogP contribution in [0.25, 0.3) is 0 Å². The van der Waals surface area contributed by atoms with E-state index in [0.29, 0.717) is 0 Å². The lowest BCUT2D eigenvalue weighted by atomic mass is 9.89. The number of hydrogen-bond acceptors (Lipinski definition) is 1. The molecule has 1 aliphatic rings. The van der Waals surface area contributed by atoms with Crippen molar-refractivity contribution in [3.63, 3.8) is 0 Å². The largest absolute Gasteiger partial charge is 0.303 e. The quantitative estimate of drug-likeness (QED) is 0.804. The molecule has 0 bridgehead atoms. The zero-order chi connectivity index (χ0) is 13.6. The van der Waals surface area contributed by atoms with Crippen molar-refractivity contribution in [1.82, 2.24) is 4.90 Å². The topological polar surface area (TPSA) is 3.24 Å². The fraction of sp³-hybridized carbons (Fsp3) is 0.368. The first-order chi connectivity index (χ1) is 9.92. The summed E-state index contributed by atoms with van der Waals surface area (Å²) in [5.41, 5.74) is 2.98. The number of hydrogen-bond donors (Lipinski definition) is 0. The standard InChI is InChI=1S/C19H23N/c1-3-7-17(8-4-1)11-14-20-15-12-19(13-16-20)18-9-5-2-6-10-18/h1-10,19H,11-16H2. The second-order valence-corrected chi connectivity index (χ2v) is 5.76. The van der Waals surface area contributed by atoms with E-state index in [0.717, 1.165) is 5.92 Å². The molecular weight excluding hydrogens is 242 g/mol. The van der Waals surface area contributed by atoms with Gasteiger partial charge in [0, 0.05) is 6.54 Å². The van der Waals surface area contributed by atoms with Gasteiger partial charge in [0.25, 0.3) is 0 Å². The Kier molecular flexibility index (Phi) is 4.49. The third-order valence-electron chi connectivity index (χ3n) is 4.42. The predicted octanol–water partition coefficient (Wildman–Crippen LogP) is 4.11. The molecule has 0 radical (unpaired) electrons. The van der Waals surface area contributed by atoms with Crippen LogP contribution in [0.5, 0.6) is 0 Å². The molecule has 2 aromatic rings. The molecule has 3 rings (SSSR count). The Hall–Kier alpha value is -1.60. The van der Waals surface area contributed by atoms with E-state index < -0.39 is 0 Å². The molecule has 0 aromatic heterocycles. The van der Waals surface area contributed by atoms with Gasteiger partial charge < -0.3 is 4.90 Å². The van der Waals surface area contributed by atoms with Gasteiger partial charge in [-0.2, -0.15) is 0 Å². The van der Waals surface area contributed by atoms with Crippen LogP contribution in [0, 0.1) is 0 Å². The second-order valence-electron chi connectivity index (χ2n) is 5.76. The molecule has 20 heavy (non-hydrogen) atoms. The molecule has 0 saturated carbocycles. The van der Waals surface area contributed by atoms with Crippen LogP contribution in [0.4, 0.5) is 0 Å². The van der Waals surface area contributed by atoms with Gasteiger partial charge in [-0.1, -0.05) is 60.7 Å². The molecule has 0 spiro atoms. The van der Waals surface area contributed by atoms with Crippen LogP contribution in [0.3, 0.4) is 0 Å². The van der Waals surface area contributed by atoms with Gasteiger partial charge in [-0.15, -0.1) is 0 Å². The molecule has 0 amide bonds. The number of likely N-dealkylation sites (tertiary alicyclic amines) is 1. The molecule has 1 heteroatoms. The summed E-state index contributed by atoms with van der Waals surface area (Å²) in [6.45, 7) is 3.68. The summed E-state index contributed by atoms with van der Waals surface area (Å²) in [5, 5.41) is 0. The van der Waals surface area contributed by atoms with E-state index in [1.165, 1.54) is 50.0 Å². The van der Waals surface area contributed by atoms with Gasteiger partial charge in [0.1, 0.15) is 0 Å². The Balaban J connectivity index is 1.47. The van der Waals surface area contributed by atoms with Gasteiger partial charge >= 0.3 is 0 Å². The van der Waals surface area contributed by atoms with Crippen LogP contribution >= 0.6 is 0 Å². The molecule has 0 N–H and O–H groups in total. The Labute approximate surface area is 122 Å². The van der Waals surface area contributed by atoms with Crippen molar-refractivity contribution in [3.8, 4) is 0 Å². The normalized spacial score (nSPS) is 17.2. The highest BCUT2D eigenvalue weighted by molar-refractivity contribution is 5.20. The molecule has 104 valence electrons. The number of nitrogens with zero attached hydrogens (tertiary/aromatic N) is 1. The summed E-state index contributed by atoms with van der Waals surface area (Å²) in [6.07, 6.45) is 3.79. The molecule has 2 aromatic carbocycles. The molecule has 0 atom stereocenters. The lowest BCUT2D eigenvalue weighted by molar-refractivity contribution is 0.214. The van der Waals surface area contributed by atoms with Gasteiger partial charge in [0.05, 0.1) is 0 Å². The molecule has 0 aliphatic carbocycles. The summed E-state index contributed by atoms with van der Waals surface area (Å²) < 4.78 is 0. The molecule has 1 nitrogen and oxygen atoms in total. The maximum Gasteiger partial charge on any atom is 0.00218 e. The first-order valence-corrected chi connectivity index (χ1v) is 7.73. The predicted molar refractivity (Wildman–Crippen MR) is 85.0 cm³/mol. The van der Waals surface area contributed by atoms with Crippen molar-refractivity contribution in [2.45, 2.75) is 25.2 Å². The van der Waals surface area contributed by atoms with Crippen molar-refractivity contribution >= 4 is 0 Å². The maximum absolute atomic E-state index is 2.62. The van der Waals surface area contributed by atoms with Crippen LogP contribution in [0.2, 0.25) is 0 Å². The van der Waals surface area contributed by atoms with Gasteiger partial charge in [-0.25, -0.2) is 0 Å². The molecule has 1 fully saturated rings. The van der Waals surface area contributed by atoms with E-state index in [4.69, 9.17) is 0 Å². The molecule has 0 unspecified atom stereocenters. The summed E-state index contributed by atoms with van der Waals surface area (Å²) in [7, 11) is 0. The highest BCUT2D eigenvalue weighted by Crippen LogP contribution is 2.27. The average Bonchev–Trinajstić information content (AvgIpc) is 2.55. The van der Waals surface area contributed by atoms with E-state index in [2.05, 4.69) is 65.6 Å². The molecule has 1 saturated heterocycles. The number of benzene rings is 2. The van der Waals surface area contributed by atoms with Crippen molar-refractivity contribution in [1.29, 1.82) is 0 Å². The third-order valence-corrected chi connectivity index (χ3v) is 4.42. The van der Waals surface area contributed by atoms with Crippen LogP contribution in [-0.4, -0.2) is 24.5 Å². The summed E-state index contributed by atoms with van der Waals surface area (Å²) >= 11 is 0. The zero-order valence-electron chi connectivity index (χ0n) is 12.0. The van der Waals surface area contributed by atoms with E-state index in [1.54, 1.807) is 0 Å². The van der Waals surface area contributed by atoms with Crippen LogP contribution in [-0.2, 0) is 6.42 Å². The Bertz CT molecular complexity index is 498. The fourth-order valence-electron chi connectivity index (χ4n) is 3.15. The molecule has 1 heterocycles. The highest BCUT2D eigenvalue weighted by atomic mass is 15.1. The minimum atomic E-state index is 0.768. The first-order valence-electron chi connectivity index (χ1n) is 7.73. The Morgan fingerprint density at radius 2 is 1.40 bits per heavy atom. The minimum absolute atomic E-state index is 0.768. The van der Waals surface area contributed by atoms with Crippen molar-refractivity contribution in [3.05, 3.63) is 71.8 Å².